The lowest BCUT2D eigenvalue weighted by Gasteiger charge is -2.14. The van der Waals surface area contributed by atoms with Crippen molar-refractivity contribution >= 4 is 21.8 Å². The molecule has 0 aliphatic heterocycles. The molecule has 0 radical (unpaired) electrons. The van der Waals surface area contributed by atoms with Gasteiger partial charge in [-0.05, 0) is 25.1 Å². The third-order valence-electron chi connectivity index (χ3n) is 1.71. The third-order valence-corrected chi connectivity index (χ3v) is 2.51. The van der Waals surface area contributed by atoms with E-state index >= 15 is 0 Å². The minimum absolute atomic E-state index is 0.103. The summed E-state index contributed by atoms with van der Waals surface area (Å²) in [5, 5.41) is 5.35. The van der Waals surface area contributed by atoms with Crippen molar-refractivity contribution in [1.29, 1.82) is 0 Å². The molecule has 0 aromatic heterocycles. The molecule has 0 aliphatic rings. The number of rotatable bonds is 5. The van der Waals surface area contributed by atoms with Crippen molar-refractivity contribution in [2.24, 2.45) is 5.14 Å². The first-order chi connectivity index (χ1) is 7.37. The first-order valence-electron chi connectivity index (χ1n) is 4.56. The van der Waals surface area contributed by atoms with Crippen LogP contribution in [0.5, 0.6) is 5.75 Å². The maximum absolute atomic E-state index is 10.6. The van der Waals surface area contributed by atoms with Gasteiger partial charge in [-0.2, -0.15) is 13.1 Å². The maximum Gasteiger partial charge on any atom is 0.274 e. The summed E-state index contributed by atoms with van der Waals surface area (Å²) in [7, 11) is -3.68. The molecular weight excluding hydrogens is 252 g/mol. The van der Waals surface area contributed by atoms with Gasteiger partial charge in [0.1, 0.15) is 11.9 Å². The molecule has 1 aromatic carbocycles. The third kappa shape index (κ3) is 5.32. The van der Waals surface area contributed by atoms with E-state index in [4.69, 9.17) is 21.5 Å². The SMILES string of the molecule is CC(CNS(N)(=O)=O)Oc1cccc(Cl)c1. The van der Waals surface area contributed by atoms with E-state index in [0.717, 1.165) is 0 Å². The molecule has 1 atom stereocenters. The van der Waals surface area contributed by atoms with Gasteiger partial charge in [0.25, 0.3) is 10.2 Å². The molecule has 16 heavy (non-hydrogen) atoms. The van der Waals surface area contributed by atoms with E-state index in [2.05, 4.69) is 4.72 Å². The van der Waals surface area contributed by atoms with Gasteiger partial charge in [0, 0.05) is 11.6 Å². The molecule has 0 saturated heterocycles. The molecule has 0 saturated carbocycles. The maximum atomic E-state index is 10.6. The first kappa shape index (κ1) is 13.2. The highest BCUT2D eigenvalue weighted by Gasteiger charge is 2.08. The second kappa shape index (κ2) is 5.49. The largest absolute Gasteiger partial charge is 0.489 e. The average Bonchev–Trinajstić information content (AvgIpc) is 2.14. The van der Waals surface area contributed by atoms with Crippen LogP contribution in [0.4, 0.5) is 0 Å². The van der Waals surface area contributed by atoms with E-state index in [0.29, 0.717) is 10.8 Å². The second-order valence-corrected chi connectivity index (χ2v) is 5.09. The highest BCUT2D eigenvalue weighted by molar-refractivity contribution is 7.87. The van der Waals surface area contributed by atoms with Gasteiger partial charge < -0.3 is 4.74 Å². The Labute approximate surface area is 99.7 Å². The fourth-order valence-electron chi connectivity index (χ4n) is 1.05. The van der Waals surface area contributed by atoms with Crippen LogP contribution in [-0.4, -0.2) is 21.1 Å². The van der Waals surface area contributed by atoms with Crippen LogP contribution >= 0.6 is 11.6 Å². The normalized spacial score (nSPS) is 13.4. The molecule has 0 fully saturated rings. The predicted octanol–water partition coefficient (Wildman–Crippen LogP) is 0.900. The van der Waals surface area contributed by atoms with Crippen LogP contribution in [-0.2, 0) is 10.2 Å². The summed E-state index contributed by atoms with van der Waals surface area (Å²) < 4.78 is 28.8. The fourth-order valence-corrected chi connectivity index (χ4v) is 1.70. The zero-order valence-corrected chi connectivity index (χ0v) is 10.3. The molecule has 0 spiro atoms. The molecular formula is C9H13ClN2O3S. The molecule has 0 amide bonds. The van der Waals surface area contributed by atoms with Crippen molar-refractivity contribution in [2.45, 2.75) is 13.0 Å². The second-order valence-electron chi connectivity index (χ2n) is 3.28. The monoisotopic (exact) mass is 264 g/mol. The number of nitrogens with one attached hydrogen (secondary N) is 1. The van der Waals surface area contributed by atoms with Gasteiger partial charge in [0.15, 0.2) is 0 Å². The lowest BCUT2D eigenvalue weighted by molar-refractivity contribution is 0.225. The minimum atomic E-state index is -3.68. The number of nitrogens with two attached hydrogens (primary N) is 1. The molecule has 90 valence electrons. The van der Waals surface area contributed by atoms with E-state index in [1.165, 1.54) is 0 Å². The quantitative estimate of drug-likeness (QED) is 0.829. The molecule has 0 heterocycles. The summed E-state index contributed by atoms with van der Waals surface area (Å²) >= 11 is 5.77. The van der Waals surface area contributed by atoms with Crippen LogP contribution in [0.1, 0.15) is 6.92 Å². The van der Waals surface area contributed by atoms with Crippen LogP contribution in [0.3, 0.4) is 0 Å². The van der Waals surface area contributed by atoms with Crippen LogP contribution in [0.2, 0.25) is 5.02 Å². The minimum Gasteiger partial charge on any atom is -0.489 e. The lowest BCUT2D eigenvalue weighted by Crippen LogP contribution is -2.37. The standard InChI is InChI=1S/C9H13ClN2O3S/c1-7(6-12-16(11,13)14)15-9-4-2-3-8(10)5-9/h2-5,7,12H,6H2,1H3,(H2,11,13,14). The Morgan fingerprint density at radius 2 is 2.25 bits per heavy atom. The summed E-state index contributed by atoms with van der Waals surface area (Å²) in [5.74, 6) is 0.580. The van der Waals surface area contributed by atoms with E-state index in [1.54, 1.807) is 31.2 Å². The highest BCUT2D eigenvalue weighted by atomic mass is 35.5. The van der Waals surface area contributed by atoms with Gasteiger partial charge in [0.2, 0.25) is 0 Å². The summed E-state index contributed by atoms with van der Waals surface area (Å²) in [5.41, 5.74) is 0. The van der Waals surface area contributed by atoms with E-state index < -0.39 is 10.2 Å². The van der Waals surface area contributed by atoms with Gasteiger partial charge in [-0.15, -0.1) is 0 Å². The summed E-state index contributed by atoms with van der Waals surface area (Å²) in [6, 6.07) is 6.85. The molecule has 1 rings (SSSR count). The van der Waals surface area contributed by atoms with Crippen LogP contribution < -0.4 is 14.6 Å². The van der Waals surface area contributed by atoms with Gasteiger partial charge >= 0.3 is 0 Å². The Morgan fingerprint density at radius 1 is 1.56 bits per heavy atom. The highest BCUT2D eigenvalue weighted by Crippen LogP contribution is 2.18. The number of ether oxygens (including phenoxy) is 1. The lowest BCUT2D eigenvalue weighted by atomic mass is 10.3. The van der Waals surface area contributed by atoms with Crippen molar-refractivity contribution in [3.05, 3.63) is 29.3 Å². The van der Waals surface area contributed by atoms with Gasteiger partial charge in [-0.25, -0.2) is 5.14 Å². The number of benzene rings is 1. The Kier molecular flexibility index (Phi) is 4.55. The molecule has 3 N–H and O–H groups in total. The smallest absolute Gasteiger partial charge is 0.274 e. The first-order valence-corrected chi connectivity index (χ1v) is 6.49. The Bertz CT molecular complexity index is 450. The zero-order chi connectivity index (χ0) is 12.2. The van der Waals surface area contributed by atoms with Gasteiger partial charge in [-0.1, -0.05) is 17.7 Å². The van der Waals surface area contributed by atoms with Crippen molar-refractivity contribution in [3.8, 4) is 5.75 Å². The molecule has 0 aliphatic carbocycles. The average molecular weight is 265 g/mol. The van der Waals surface area contributed by atoms with Crippen LogP contribution in [0, 0.1) is 0 Å². The molecule has 1 aromatic rings. The van der Waals surface area contributed by atoms with E-state index in [9.17, 15) is 8.42 Å². The summed E-state index contributed by atoms with van der Waals surface area (Å²) in [4.78, 5) is 0. The van der Waals surface area contributed by atoms with Crippen molar-refractivity contribution in [2.75, 3.05) is 6.54 Å². The van der Waals surface area contributed by atoms with E-state index in [1.807, 2.05) is 0 Å². The molecule has 0 bridgehead atoms. The van der Waals surface area contributed by atoms with Crippen molar-refractivity contribution < 1.29 is 13.2 Å². The molecule has 7 heteroatoms. The molecule has 5 nitrogen and oxygen atoms in total. The van der Waals surface area contributed by atoms with Crippen molar-refractivity contribution in [1.82, 2.24) is 4.72 Å². The Balaban J connectivity index is 2.49. The zero-order valence-electron chi connectivity index (χ0n) is 8.68. The fraction of sp³-hybridized carbons (Fsp3) is 0.333. The van der Waals surface area contributed by atoms with Crippen LogP contribution in [0.15, 0.2) is 24.3 Å². The summed E-state index contributed by atoms with van der Waals surface area (Å²) in [6.07, 6.45) is -0.336. The number of hydrogen-bond donors (Lipinski definition) is 2. The molecule has 1 unspecified atom stereocenters. The Morgan fingerprint density at radius 3 is 2.81 bits per heavy atom. The van der Waals surface area contributed by atoms with Crippen molar-refractivity contribution in [3.63, 3.8) is 0 Å². The topological polar surface area (TPSA) is 81.4 Å². The summed E-state index contributed by atoms with van der Waals surface area (Å²) in [6.45, 7) is 1.82. The predicted molar refractivity (Wildman–Crippen MR) is 62.7 cm³/mol. The number of halogens is 1. The van der Waals surface area contributed by atoms with Gasteiger partial charge in [-0.3, -0.25) is 0 Å². The Hall–Kier alpha value is -0.820. The van der Waals surface area contributed by atoms with Gasteiger partial charge in [0.05, 0.1) is 0 Å². The van der Waals surface area contributed by atoms with Crippen LogP contribution in [0.25, 0.3) is 0 Å². The number of hydrogen-bond acceptors (Lipinski definition) is 3. The van der Waals surface area contributed by atoms with E-state index in [-0.39, 0.29) is 12.6 Å².